The molecule has 0 atom stereocenters. The molecule has 2 aromatic carbocycles. The Kier molecular flexibility index (Phi) is 4.48. The number of ether oxygens (including phenoxy) is 1. The molecule has 0 amide bonds. The van der Waals surface area contributed by atoms with Gasteiger partial charge >= 0.3 is 5.97 Å². The molecule has 110 valence electrons. The molecule has 0 saturated carbocycles. The van der Waals surface area contributed by atoms with Crippen LogP contribution in [0.4, 0.5) is 10.1 Å². The van der Waals surface area contributed by atoms with Gasteiger partial charge in [-0.25, -0.2) is 9.18 Å². The highest BCUT2D eigenvalue weighted by molar-refractivity contribution is 6.31. The lowest BCUT2D eigenvalue weighted by Gasteiger charge is -2.14. The van der Waals surface area contributed by atoms with E-state index < -0.39 is 11.8 Å². The minimum Gasteiger partial charge on any atom is -0.465 e. The van der Waals surface area contributed by atoms with Crippen molar-refractivity contribution in [1.29, 1.82) is 0 Å². The molecular formula is C16H15ClFNO2. The first kappa shape index (κ1) is 15.3. The predicted molar refractivity (Wildman–Crippen MR) is 81.1 cm³/mol. The van der Waals surface area contributed by atoms with Crippen LogP contribution in [0.5, 0.6) is 0 Å². The van der Waals surface area contributed by atoms with Gasteiger partial charge in [0.2, 0.25) is 0 Å². The number of benzene rings is 2. The van der Waals surface area contributed by atoms with Gasteiger partial charge in [-0.3, -0.25) is 0 Å². The molecule has 0 saturated heterocycles. The van der Waals surface area contributed by atoms with Crippen molar-refractivity contribution in [3.8, 4) is 0 Å². The summed E-state index contributed by atoms with van der Waals surface area (Å²) in [6.45, 7) is 1.64. The summed E-state index contributed by atoms with van der Waals surface area (Å²) in [7, 11) is 1.26. The highest BCUT2D eigenvalue weighted by Gasteiger charge is 2.20. The Labute approximate surface area is 127 Å². The SMILES string of the molecule is COC(=O)c1cc(C)c(N)c(F)c1Cc1ccccc1Cl. The molecule has 0 bridgehead atoms. The van der Waals surface area contributed by atoms with Crippen molar-refractivity contribution in [2.75, 3.05) is 12.8 Å². The van der Waals surface area contributed by atoms with E-state index in [-0.39, 0.29) is 23.2 Å². The topological polar surface area (TPSA) is 52.3 Å². The van der Waals surface area contributed by atoms with E-state index in [1.807, 2.05) is 0 Å². The number of carbonyl (C=O) groups is 1. The van der Waals surface area contributed by atoms with Gasteiger partial charge in [0.1, 0.15) is 0 Å². The van der Waals surface area contributed by atoms with E-state index in [9.17, 15) is 9.18 Å². The van der Waals surface area contributed by atoms with Crippen molar-refractivity contribution in [3.05, 3.63) is 63.4 Å². The third kappa shape index (κ3) is 3.00. The Bertz CT molecular complexity index is 701. The Morgan fingerprint density at radius 2 is 2.05 bits per heavy atom. The Morgan fingerprint density at radius 1 is 1.38 bits per heavy atom. The van der Waals surface area contributed by atoms with Crippen LogP contribution < -0.4 is 5.73 Å². The van der Waals surface area contributed by atoms with E-state index in [2.05, 4.69) is 0 Å². The van der Waals surface area contributed by atoms with Crippen molar-refractivity contribution in [3.63, 3.8) is 0 Å². The molecule has 0 aromatic heterocycles. The Morgan fingerprint density at radius 3 is 2.67 bits per heavy atom. The van der Waals surface area contributed by atoms with E-state index in [0.29, 0.717) is 16.1 Å². The van der Waals surface area contributed by atoms with Crippen LogP contribution in [0.15, 0.2) is 30.3 Å². The first-order chi connectivity index (χ1) is 9.95. The minimum atomic E-state index is -0.602. The van der Waals surface area contributed by atoms with Gasteiger partial charge in [-0.15, -0.1) is 0 Å². The standard InChI is InChI=1S/C16H15ClFNO2/c1-9-7-12(16(20)21-2)11(14(18)15(9)19)8-10-5-3-4-6-13(10)17/h3-7H,8,19H2,1-2H3. The minimum absolute atomic E-state index is 0.0321. The summed E-state index contributed by atoms with van der Waals surface area (Å²) in [6.07, 6.45) is 0.167. The lowest BCUT2D eigenvalue weighted by molar-refractivity contribution is 0.0599. The maximum Gasteiger partial charge on any atom is 0.338 e. The monoisotopic (exact) mass is 307 g/mol. The van der Waals surface area contributed by atoms with E-state index in [1.54, 1.807) is 31.2 Å². The largest absolute Gasteiger partial charge is 0.465 e. The quantitative estimate of drug-likeness (QED) is 0.694. The zero-order valence-electron chi connectivity index (χ0n) is 11.7. The number of anilines is 1. The highest BCUT2D eigenvalue weighted by Crippen LogP contribution is 2.28. The lowest BCUT2D eigenvalue weighted by atomic mass is 9.96. The van der Waals surface area contributed by atoms with Crippen LogP contribution in [0, 0.1) is 12.7 Å². The summed E-state index contributed by atoms with van der Waals surface area (Å²) in [5.41, 5.74) is 7.33. The van der Waals surface area contributed by atoms with Gasteiger partial charge in [0, 0.05) is 17.0 Å². The van der Waals surface area contributed by atoms with Gasteiger partial charge in [-0.05, 0) is 30.2 Å². The maximum atomic E-state index is 14.5. The number of aryl methyl sites for hydroxylation is 1. The second-order valence-corrected chi connectivity index (χ2v) is 5.11. The van der Waals surface area contributed by atoms with E-state index in [4.69, 9.17) is 22.1 Å². The molecule has 0 fully saturated rings. The average Bonchev–Trinajstić information content (AvgIpc) is 2.48. The molecule has 0 aliphatic rings. The number of carbonyl (C=O) groups excluding carboxylic acids is 1. The fourth-order valence-corrected chi connectivity index (χ4v) is 2.33. The second kappa shape index (κ2) is 6.14. The Hall–Kier alpha value is -2.07. The molecule has 5 heteroatoms. The second-order valence-electron chi connectivity index (χ2n) is 4.71. The van der Waals surface area contributed by atoms with Crippen molar-refractivity contribution < 1.29 is 13.9 Å². The molecule has 3 nitrogen and oxygen atoms in total. The van der Waals surface area contributed by atoms with E-state index >= 15 is 0 Å². The molecule has 2 aromatic rings. The molecule has 21 heavy (non-hydrogen) atoms. The number of nitrogens with two attached hydrogens (primary N) is 1. The predicted octanol–water partition coefficient (Wildman–Crippen LogP) is 3.75. The molecule has 0 unspecified atom stereocenters. The van der Waals surface area contributed by atoms with Gasteiger partial charge in [0.05, 0.1) is 18.4 Å². The first-order valence-corrected chi connectivity index (χ1v) is 6.72. The number of esters is 1. The van der Waals surface area contributed by atoms with Crippen LogP contribution in [-0.4, -0.2) is 13.1 Å². The van der Waals surface area contributed by atoms with Gasteiger partial charge in [0.15, 0.2) is 5.82 Å². The highest BCUT2D eigenvalue weighted by atomic mass is 35.5. The number of nitrogen functional groups attached to an aromatic ring is 1. The van der Waals surface area contributed by atoms with Crippen molar-refractivity contribution in [2.24, 2.45) is 0 Å². The number of methoxy groups -OCH3 is 1. The molecular weight excluding hydrogens is 293 g/mol. The van der Waals surface area contributed by atoms with Crippen molar-refractivity contribution in [1.82, 2.24) is 0 Å². The van der Waals surface area contributed by atoms with Crippen LogP contribution in [0.25, 0.3) is 0 Å². The van der Waals surface area contributed by atoms with Gasteiger partial charge < -0.3 is 10.5 Å². The van der Waals surface area contributed by atoms with Crippen LogP contribution in [0.3, 0.4) is 0 Å². The zero-order chi connectivity index (χ0) is 15.6. The number of halogens is 2. The van der Waals surface area contributed by atoms with Gasteiger partial charge in [0.25, 0.3) is 0 Å². The maximum absolute atomic E-state index is 14.5. The first-order valence-electron chi connectivity index (χ1n) is 6.34. The van der Waals surface area contributed by atoms with Crippen molar-refractivity contribution >= 4 is 23.3 Å². The van der Waals surface area contributed by atoms with Crippen LogP contribution >= 0.6 is 11.6 Å². The molecule has 0 spiro atoms. The molecule has 0 aliphatic heterocycles. The normalized spacial score (nSPS) is 10.5. The van der Waals surface area contributed by atoms with Gasteiger partial charge in [-0.1, -0.05) is 29.8 Å². The fourth-order valence-electron chi connectivity index (χ4n) is 2.13. The molecule has 2 rings (SSSR count). The van der Waals surface area contributed by atoms with Crippen LogP contribution in [-0.2, 0) is 11.2 Å². The lowest BCUT2D eigenvalue weighted by Crippen LogP contribution is -2.11. The number of hydrogen-bond acceptors (Lipinski definition) is 3. The third-order valence-corrected chi connectivity index (χ3v) is 3.71. The summed E-state index contributed by atoms with van der Waals surface area (Å²) in [5, 5.41) is 0.506. The van der Waals surface area contributed by atoms with Crippen LogP contribution in [0.2, 0.25) is 5.02 Å². The zero-order valence-corrected chi connectivity index (χ0v) is 12.5. The Balaban J connectivity index is 2.59. The fraction of sp³-hybridized carbons (Fsp3) is 0.188. The average molecular weight is 308 g/mol. The molecule has 2 N–H and O–H groups in total. The van der Waals surface area contributed by atoms with Crippen LogP contribution in [0.1, 0.15) is 27.0 Å². The molecule has 0 heterocycles. The van der Waals surface area contributed by atoms with Gasteiger partial charge in [-0.2, -0.15) is 0 Å². The smallest absolute Gasteiger partial charge is 0.338 e. The molecule has 0 radical (unpaired) electrons. The summed E-state index contributed by atoms with van der Waals surface area (Å²) in [6, 6.07) is 8.61. The molecule has 0 aliphatic carbocycles. The number of rotatable bonds is 3. The van der Waals surface area contributed by atoms with Crippen molar-refractivity contribution in [2.45, 2.75) is 13.3 Å². The van der Waals surface area contributed by atoms with E-state index in [0.717, 1.165) is 0 Å². The van der Waals surface area contributed by atoms with E-state index in [1.165, 1.54) is 13.2 Å². The summed E-state index contributed by atoms with van der Waals surface area (Å²) >= 11 is 6.09. The summed E-state index contributed by atoms with van der Waals surface area (Å²) < 4.78 is 19.2. The summed E-state index contributed by atoms with van der Waals surface area (Å²) in [4.78, 5) is 11.9. The summed E-state index contributed by atoms with van der Waals surface area (Å²) in [5.74, 6) is -1.20. The number of hydrogen-bond donors (Lipinski definition) is 1. The third-order valence-electron chi connectivity index (χ3n) is 3.34.